The zero-order chi connectivity index (χ0) is 21.1. The first-order valence-corrected chi connectivity index (χ1v) is 10.8. The van der Waals surface area contributed by atoms with E-state index in [1.54, 1.807) is 4.90 Å². The highest BCUT2D eigenvalue weighted by atomic mass is 16.2. The molecule has 0 unspecified atom stereocenters. The third kappa shape index (κ3) is 4.02. The first-order valence-electron chi connectivity index (χ1n) is 10.8. The van der Waals surface area contributed by atoms with E-state index in [1.165, 1.54) is 5.56 Å². The summed E-state index contributed by atoms with van der Waals surface area (Å²) < 4.78 is 0. The number of hydrogen-bond acceptors (Lipinski definition) is 3. The second kappa shape index (κ2) is 8.42. The molecule has 156 valence electrons. The summed E-state index contributed by atoms with van der Waals surface area (Å²) in [7, 11) is 0. The molecule has 30 heavy (non-hydrogen) atoms. The number of aryl methyl sites for hydroxylation is 2. The molecule has 0 aromatic heterocycles. The number of nitrogens with one attached hydrogen (secondary N) is 1. The van der Waals surface area contributed by atoms with Crippen LogP contribution in [0.3, 0.4) is 0 Å². The molecule has 5 heteroatoms. The van der Waals surface area contributed by atoms with Crippen LogP contribution in [0.5, 0.6) is 0 Å². The molecule has 2 amide bonds. The monoisotopic (exact) mass is 403 g/mol. The summed E-state index contributed by atoms with van der Waals surface area (Å²) in [6.45, 7) is 4.09. The number of carbonyl (C=O) groups is 2. The Bertz CT molecular complexity index is 973. The number of rotatable bonds is 4. The summed E-state index contributed by atoms with van der Waals surface area (Å²) in [6, 6.07) is 15.5. The largest absolute Gasteiger partial charge is 0.325 e. The fraction of sp³-hybridized carbons (Fsp3) is 0.400. The van der Waals surface area contributed by atoms with Gasteiger partial charge in [-0.3, -0.25) is 14.6 Å². The fourth-order valence-electron chi connectivity index (χ4n) is 4.48. The van der Waals surface area contributed by atoms with Crippen molar-refractivity contribution in [3.05, 3.63) is 65.2 Å². The van der Waals surface area contributed by atoms with Crippen LogP contribution in [-0.2, 0) is 9.59 Å². The van der Waals surface area contributed by atoms with Gasteiger partial charge in [-0.15, -0.1) is 0 Å². The molecule has 1 fully saturated rings. The standard InChI is InChI=1S/C25H29N3O2/c1-18-12-13-21(16-19(18)2)26-22(29)17-28-24(30)23(20-10-6-5-7-11-20)27-25(28)14-8-3-4-9-15-25/h5-7,10-13,16H,3-4,8-9,14-15,17H2,1-2H3,(H,26,29). The van der Waals surface area contributed by atoms with Crippen LogP contribution in [0.2, 0.25) is 0 Å². The van der Waals surface area contributed by atoms with Gasteiger partial charge in [-0.2, -0.15) is 0 Å². The zero-order valence-electron chi connectivity index (χ0n) is 17.8. The maximum atomic E-state index is 13.4. The molecule has 2 aromatic rings. The molecule has 1 N–H and O–H groups in total. The smallest absolute Gasteiger partial charge is 0.275 e. The molecule has 4 rings (SSSR count). The van der Waals surface area contributed by atoms with Crippen LogP contribution in [0.25, 0.3) is 0 Å². The van der Waals surface area contributed by atoms with E-state index in [4.69, 9.17) is 4.99 Å². The normalized spacial score (nSPS) is 18.3. The second-order valence-corrected chi connectivity index (χ2v) is 8.46. The minimum atomic E-state index is -0.598. The van der Waals surface area contributed by atoms with Crippen molar-refractivity contribution in [2.75, 3.05) is 11.9 Å². The average Bonchev–Trinajstić information content (AvgIpc) is 2.88. The van der Waals surface area contributed by atoms with Crippen LogP contribution in [0.4, 0.5) is 5.69 Å². The van der Waals surface area contributed by atoms with Crippen molar-refractivity contribution in [1.82, 2.24) is 4.90 Å². The molecule has 0 atom stereocenters. The number of amides is 2. The summed E-state index contributed by atoms with van der Waals surface area (Å²) in [4.78, 5) is 33.0. The van der Waals surface area contributed by atoms with Gasteiger partial charge in [-0.05, 0) is 62.8 Å². The minimum Gasteiger partial charge on any atom is -0.325 e. The highest BCUT2D eigenvalue weighted by Gasteiger charge is 2.47. The van der Waals surface area contributed by atoms with Crippen molar-refractivity contribution in [2.24, 2.45) is 4.99 Å². The molecule has 1 heterocycles. The lowest BCUT2D eigenvalue weighted by Crippen LogP contribution is -2.50. The zero-order valence-corrected chi connectivity index (χ0v) is 17.8. The topological polar surface area (TPSA) is 61.8 Å². The molecule has 1 spiro atoms. The third-order valence-electron chi connectivity index (χ3n) is 6.31. The van der Waals surface area contributed by atoms with Crippen molar-refractivity contribution in [3.8, 4) is 0 Å². The van der Waals surface area contributed by atoms with E-state index >= 15 is 0 Å². The van der Waals surface area contributed by atoms with E-state index in [0.29, 0.717) is 5.71 Å². The Morgan fingerprint density at radius 1 is 1.00 bits per heavy atom. The molecule has 0 radical (unpaired) electrons. The van der Waals surface area contributed by atoms with Crippen molar-refractivity contribution in [1.29, 1.82) is 0 Å². The Labute approximate surface area is 178 Å². The number of benzene rings is 2. The molecule has 0 bridgehead atoms. The summed E-state index contributed by atoms with van der Waals surface area (Å²) >= 11 is 0. The second-order valence-electron chi connectivity index (χ2n) is 8.46. The molecule has 1 aliphatic heterocycles. The molecule has 1 saturated carbocycles. The Morgan fingerprint density at radius 2 is 1.70 bits per heavy atom. The van der Waals surface area contributed by atoms with Crippen molar-refractivity contribution >= 4 is 23.2 Å². The quantitative estimate of drug-likeness (QED) is 0.809. The van der Waals surface area contributed by atoms with Gasteiger partial charge in [0.25, 0.3) is 5.91 Å². The SMILES string of the molecule is Cc1ccc(NC(=O)CN2C(=O)C(c3ccccc3)=NC23CCCCCC3)cc1C. The highest BCUT2D eigenvalue weighted by molar-refractivity contribution is 6.47. The molecular weight excluding hydrogens is 374 g/mol. The van der Waals surface area contributed by atoms with E-state index in [2.05, 4.69) is 5.32 Å². The summed E-state index contributed by atoms with van der Waals surface area (Å²) in [6.07, 6.45) is 5.96. The van der Waals surface area contributed by atoms with Gasteiger partial charge in [-0.25, -0.2) is 0 Å². The molecule has 2 aromatic carbocycles. The Hall–Kier alpha value is -2.95. The van der Waals surface area contributed by atoms with Crippen LogP contribution in [0.15, 0.2) is 53.5 Å². The van der Waals surface area contributed by atoms with Crippen LogP contribution in [0.1, 0.15) is 55.2 Å². The van der Waals surface area contributed by atoms with Crippen LogP contribution in [0, 0.1) is 13.8 Å². The molecular formula is C25H29N3O2. The maximum absolute atomic E-state index is 13.4. The van der Waals surface area contributed by atoms with Crippen molar-refractivity contribution in [3.63, 3.8) is 0 Å². The Balaban J connectivity index is 1.59. The van der Waals surface area contributed by atoms with Crippen molar-refractivity contribution in [2.45, 2.75) is 58.0 Å². The maximum Gasteiger partial charge on any atom is 0.275 e. The summed E-state index contributed by atoms with van der Waals surface area (Å²) in [5.74, 6) is -0.321. The third-order valence-corrected chi connectivity index (χ3v) is 6.31. The van der Waals surface area contributed by atoms with Gasteiger partial charge in [0.2, 0.25) is 5.91 Å². The van der Waals surface area contributed by atoms with Crippen molar-refractivity contribution < 1.29 is 9.59 Å². The predicted octanol–water partition coefficient (Wildman–Crippen LogP) is 4.62. The van der Waals surface area contributed by atoms with Gasteiger partial charge in [0, 0.05) is 11.3 Å². The number of carbonyl (C=O) groups excluding carboxylic acids is 2. The van der Waals surface area contributed by atoms with Gasteiger partial charge in [0.1, 0.15) is 17.9 Å². The van der Waals surface area contributed by atoms with Gasteiger partial charge in [0.05, 0.1) is 0 Å². The molecule has 2 aliphatic rings. The van der Waals surface area contributed by atoms with Gasteiger partial charge in [0.15, 0.2) is 0 Å². The first kappa shape index (κ1) is 20.3. The van der Waals surface area contributed by atoms with Crippen LogP contribution >= 0.6 is 0 Å². The average molecular weight is 404 g/mol. The van der Waals surface area contributed by atoms with Gasteiger partial charge < -0.3 is 10.2 Å². The lowest BCUT2D eigenvalue weighted by atomic mass is 10.00. The minimum absolute atomic E-state index is 0.0194. The fourth-order valence-corrected chi connectivity index (χ4v) is 4.48. The first-order chi connectivity index (χ1) is 14.5. The van der Waals surface area contributed by atoms with E-state index in [1.807, 2.05) is 62.4 Å². The van der Waals surface area contributed by atoms with E-state index < -0.39 is 5.66 Å². The lowest BCUT2D eigenvalue weighted by molar-refractivity contribution is -0.133. The molecule has 0 saturated heterocycles. The van der Waals surface area contributed by atoms with Gasteiger partial charge in [-0.1, -0.05) is 49.2 Å². The predicted molar refractivity (Wildman–Crippen MR) is 120 cm³/mol. The van der Waals surface area contributed by atoms with Crippen LogP contribution < -0.4 is 5.32 Å². The summed E-state index contributed by atoms with van der Waals surface area (Å²) in [5, 5.41) is 2.97. The molecule has 5 nitrogen and oxygen atoms in total. The molecule has 1 aliphatic carbocycles. The van der Waals surface area contributed by atoms with E-state index in [-0.39, 0.29) is 18.4 Å². The Kier molecular flexibility index (Phi) is 5.71. The lowest BCUT2D eigenvalue weighted by Gasteiger charge is -2.35. The van der Waals surface area contributed by atoms with Crippen LogP contribution in [-0.4, -0.2) is 34.6 Å². The van der Waals surface area contributed by atoms with E-state index in [9.17, 15) is 9.59 Å². The Morgan fingerprint density at radius 3 is 2.37 bits per heavy atom. The van der Waals surface area contributed by atoms with E-state index in [0.717, 1.165) is 55.3 Å². The number of hydrogen-bond donors (Lipinski definition) is 1. The highest BCUT2D eigenvalue weighted by Crippen LogP contribution is 2.38. The number of aliphatic imine (C=N–C) groups is 1. The number of anilines is 1. The number of nitrogens with zero attached hydrogens (tertiary/aromatic N) is 2. The van der Waals surface area contributed by atoms with Gasteiger partial charge >= 0.3 is 0 Å². The summed E-state index contributed by atoms with van der Waals surface area (Å²) in [5.41, 5.74) is 3.77.